The molecule has 0 bridgehead atoms. The van der Waals surface area contributed by atoms with Crippen molar-refractivity contribution in [3.63, 3.8) is 0 Å². The Labute approximate surface area is 94.4 Å². The molecule has 2 fully saturated rings. The molecule has 2 rings (SSSR count). The van der Waals surface area contributed by atoms with Crippen LogP contribution in [0, 0.1) is 5.92 Å². The van der Waals surface area contributed by atoms with Gasteiger partial charge in [-0.05, 0) is 70.6 Å². The number of nitrogens with zero attached hydrogens (tertiary/aromatic N) is 1. The molecule has 2 saturated heterocycles. The van der Waals surface area contributed by atoms with E-state index in [4.69, 9.17) is 0 Å². The minimum atomic E-state index is 0.904. The Kier molecular flexibility index (Phi) is 4.45. The van der Waals surface area contributed by atoms with Gasteiger partial charge in [-0.15, -0.1) is 0 Å². The fourth-order valence-electron chi connectivity index (χ4n) is 3.17. The van der Waals surface area contributed by atoms with Gasteiger partial charge >= 0.3 is 0 Å². The second-order valence-corrected chi connectivity index (χ2v) is 5.24. The van der Waals surface area contributed by atoms with Crippen LogP contribution in [0.15, 0.2) is 0 Å². The first kappa shape index (κ1) is 11.4. The Bertz CT molecular complexity index is 175. The van der Waals surface area contributed by atoms with Crippen LogP contribution in [-0.2, 0) is 0 Å². The predicted octanol–water partition coefficient (Wildman–Crippen LogP) is 2.25. The Hall–Kier alpha value is -0.0800. The van der Waals surface area contributed by atoms with E-state index in [1.165, 1.54) is 64.7 Å². The maximum Gasteiger partial charge on any atom is 0.00931 e. The van der Waals surface area contributed by atoms with Crippen LogP contribution < -0.4 is 5.32 Å². The van der Waals surface area contributed by atoms with Crippen LogP contribution in [0.5, 0.6) is 0 Å². The van der Waals surface area contributed by atoms with Crippen molar-refractivity contribution in [2.75, 3.05) is 26.2 Å². The summed E-state index contributed by atoms with van der Waals surface area (Å²) in [5, 5.41) is 3.52. The number of hydrogen-bond donors (Lipinski definition) is 1. The third kappa shape index (κ3) is 3.18. The van der Waals surface area contributed by atoms with Gasteiger partial charge in [0, 0.05) is 6.04 Å². The van der Waals surface area contributed by atoms with E-state index in [9.17, 15) is 0 Å². The van der Waals surface area contributed by atoms with E-state index in [0.29, 0.717) is 0 Å². The van der Waals surface area contributed by atoms with Gasteiger partial charge in [-0.2, -0.15) is 0 Å². The van der Waals surface area contributed by atoms with Crippen molar-refractivity contribution in [1.29, 1.82) is 0 Å². The Morgan fingerprint density at radius 3 is 2.93 bits per heavy atom. The van der Waals surface area contributed by atoms with Crippen molar-refractivity contribution in [3.8, 4) is 0 Å². The zero-order valence-corrected chi connectivity index (χ0v) is 10.2. The molecule has 2 heteroatoms. The molecule has 0 saturated carbocycles. The maximum absolute atomic E-state index is 3.52. The van der Waals surface area contributed by atoms with Crippen LogP contribution in [0.4, 0.5) is 0 Å². The molecule has 0 aromatic heterocycles. The number of rotatable bonds is 4. The highest BCUT2D eigenvalue weighted by molar-refractivity contribution is 4.79. The lowest BCUT2D eigenvalue weighted by atomic mass is 9.96. The normalized spacial score (nSPS) is 33.4. The van der Waals surface area contributed by atoms with Crippen molar-refractivity contribution in [1.82, 2.24) is 10.2 Å². The van der Waals surface area contributed by atoms with Gasteiger partial charge in [0.15, 0.2) is 0 Å². The van der Waals surface area contributed by atoms with Crippen LogP contribution >= 0.6 is 0 Å². The molecule has 2 atom stereocenters. The number of likely N-dealkylation sites (tertiary alicyclic amines) is 1. The average Bonchev–Trinajstić information content (AvgIpc) is 2.75. The SMILES string of the molecule is CCC1CCCN1CCC1CCCNC1. The topological polar surface area (TPSA) is 15.3 Å². The molecule has 2 unspecified atom stereocenters. The maximum atomic E-state index is 3.52. The fourth-order valence-corrected chi connectivity index (χ4v) is 3.17. The van der Waals surface area contributed by atoms with E-state index in [0.717, 1.165) is 12.0 Å². The van der Waals surface area contributed by atoms with Crippen molar-refractivity contribution in [2.45, 2.75) is 51.5 Å². The third-order valence-electron chi connectivity index (χ3n) is 4.19. The van der Waals surface area contributed by atoms with Crippen molar-refractivity contribution >= 4 is 0 Å². The summed E-state index contributed by atoms with van der Waals surface area (Å²) in [5.74, 6) is 0.955. The summed E-state index contributed by atoms with van der Waals surface area (Å²) in [6.07, 6.45) is 8.49. The lowest BCUT2D eigenvalue weighted by molar-refractivity contribution is 0.218. The molecule has 2 aliphatic rings. The summed E-state index contributed by atoms with van der Waals surface area (Å²) < 4.78 is 0. The summed E-state index contributed by atoms with van der Waals surface area (Å²) in [6, 6.07) is 0.904. The second-order valence-electron chi connectivity index (χ2n) is 5.24. The van der Waals surface area contributed by atoms with Crippen LogP contribution in [0.25, 0.3) is 0 Å². The highest BCUT2D eigenvalue weighted by Crippen LogP contribution is 2.22. The molecule has 0 aromatic rings. The predicted molar refractivity (Wildman–Crippen MR) is 65.1 cm³/mol. The Morgan fingerprint density at radius 1 is 1.27 bits per heavy atom. The molecule has 15 heavy (non-hydrogen) atoms. The first-order chi connectivity index (χ1) is 7.40. The standard InChI is InChI=1S/C13H26N2/c1-2-13-6-4-9-15(13)10-7-12-5-3-8-14-11-12/h12-14H,2-11H2,1H3. The molecule has 2 aliphatic heterocycles. The summed E-state index contributed by atoms with van der Waals surface area (Å²) >= 11 is 0. The Balaban J connectivity index is 1.67. The zero-order chi connectivity index (χ0) is 10.5. The summed E-state index contributed by atoms with van der Waals surface area (Å²) in [4.78, 5) is 2.73. The van der Waals surface area contributed by atoms with Crippen molar-refractivity contribution in [3.05, 3.63) is 0 Å². The number of nitrogens with one attached hydrogen (secondary N) is 1. The van der Waals surface area contributed by atoms with Gasteiger partial charge in [-0.25, -0.2) is 0 Å². The zero-order valence-electron chi connectivity index (χ0n) is 10.2. The van der Waals surface area contributed by atoms with Gasteiger partial charge < -0.3 is 10.2 Å². The van der Waals surface area contributed by atoms with Crippen LogP contribution in [0.3, 0.4) is 0 Å². The summed E-state index contributed by atoms with van der Waals surface area (Å²) in [7, 11) is 0. The van der Waals surface area contributed by atoms with Gasteiger partial charge in [-0.1, -0.05) is 6.92 Å². The molecule has 0 aliphatic carbocycles. The third-order valence-corrected chi connectivity index (χ3v) is 4.19. The molecule has 2 heterocycles. The Morgan fingerprint density at radius 2 is 2.20 bits per heavy atom. The largest absolute Gasteiger partial charge is 0.316 e. The molecular formula is C13H26N2. The van der Waals surface area contributed by atoms with Gasteiger partial charge in [0.25, 0.3) is 0 Å². The molecule has 2 nitrogen and oxygen atoms in total. The quantitative estimate of drug-likeness (QED) is 0.765. The molecular weight excluding hydrogens is 184 g/mol. The number of piperidine rings is 1. The fraction of sp³-hybridized carbons (Fsp3) is 1.00. The lowest BCUT2D eigenvalue weighted by Crippen LogP contribution is -2.35. The average molecular weight is 210 g/mol. The molecule has 0 spiro atoms. The van der Waals surface area contributed by atoms with E-state index in [2.05, 4.69) is 17.1 Å². The lowest BCUT2D eigenvalue weighted by Gasteiger charge is -2.28. The molecule has 0 amide bonds. The van der Waals surface area contributed by atoms with Crippen LogP contribution in [0.2, 0.25) is 0 Å². The van der Waals surface area contributed by atoms with Crippen LogP contribution in [0.1, 0.15) is 45.4 Å². The highest BCUT2D eigenvalue weighted by atomic mass is 15.2. The molecule has 0 radical (unpaired) electrons. The molecule has 0 aromatic carbocycles. The molecule has 1 N–H and O–H groups in total. The van der Waals surface area contributed by atoms with Crippen molar-refractivity contribution < 1.29 is 0 Å². The minimum Gasteiger partial charge on any atom is -0.316 e. The van der Waals surface area contributed by atoms with E-state index in [1.54, 1.807) is 0 Å². The van der Waals surface area contributed by atoms with E-state index >= 15 is 0 Å². The smallest absolute Gasteiger partial charge is 0.00931 e. The van der Waals surface area contributed by atoms with E-state index in [1.807, 2.05) is 0 Å². The summed E-state index contributed by atoms with van der Waals surface area (Å²) in [6.45, 7) is 7.57. The van der Waals surface area contributed by atoms with Gasteiger partial charge in [-0.3, -0.25) is 0 Å². The highest BCUT2D eigenvalue weighted by Gasteiger charge is 2.23. The van der Waals surface area contributed by atoms with Gasteiger partial charge in [0.2, 0.25) is 0 Å². The van der Waals surface area contributed by atoms with Gasteiger partial charge in [0.05, 0.1) is 0 Å². The molecule has 88 valence electrons. The van der Waals surface area contributed by atoms with Crippen molar-refractivity contribution in [2.24, 2.45) is 5.92 Å². The number of hydrogen-bond acceptors (Lipinski definition) is 2. The monoisotopic (exact) mass is 210 g/mol. The minimum absolute atomic E-state index is 0.904. The van der Waals surface area contributed by atoms with Gasteiger partial charge in [0.1, 0.15) is 0 Å². The van der Waals surface area contributed by atoms with E-state index in [-0.39, 0.29) is 0 Å². The second kappa shape index (κ2) is 5.86. The van der Waals surface area contributed by atoms with E-state index < -0.39 is 0 Å². The first-order valence-electron chi connectivity index (χ1n) is 6.85. The first-order valence-corrected chi connectivity index (χ1v) is 6.85. The summed E-state index contributed by atoms with van der Waals surface area (Å²) in [5.41, 5.74) is 0. The van der Waals surface area contributed by atoms with Crippen LogP contribution in [-0.4, -0.2) is 37.1 Å².